The van der Waals surface area contributed by atoms with E-state index in [9.17, 15) is 5.11 Å². The zero-order valence-electron chi connectivity index (χ0n) is 15.3. The smallest absolute Gasteiger partial charge is 0.191 e. The van der Waals surface area contributed by atoms with E-state index in [4.69, 9.17) is 0 Å². The summed E-state index contributed by atoms with van der Waals surface area (Å²) in [6.07, 6.45) is 6.63. The molecule has 0 unspecified atom stereocenters. The number of hydrogen-bond donors (Lipinski definition) is 3. The number of nitrogens with zero attached hydrogens (tertiary/aromatic N) is 2. The van der Waals surface area contributed by atoms with Gasteiger partial charge in [-0.2, -0.15) is 0 Å². The first-order chi connectivity index (χ1) is 11.8. The largest absolute Gasteiger partial charge is 0.508 e. The summed E-state index contributed by atoms with van der Waals surface area (Å²) in [7, 11) is 0. The van der Waals surface area contributed by atoms with E-state index in [0.717, 1.165) is 31.0 Å². The second kappa shape index (κ2) is 13.2. The Labute approximate surface area is 169 Å². The number of aromatic hydroxyl groups is 1. The van der Waals surface area contributed by atoms with Crippen molar-refractivity contribution in [2.24, 2.45) is 4.99 Å². The lowest BCUT2D eigenvalue weighted by Crippen LogP contribution is -2.39. The monoisotopic (exact) mass is 460 g/mol. The van der Waals surface area contributed by atoms with Gasteiger partial charge in [0.25, 0.3) is 0 Å². The molecular weight excluding hydrogens is 427 g/mol. The van der Waals surface area contributed by atoms with Gasteiger partial charge in [0.15, 0.2) is 5.96 Å². The first-order valence-corrected chi connectivity index (χ1v) is 9.30. The van der Waals surface area contributed by atoms with Crippen molar-refractivity contribution in [3.8, 4) is 5.75 Å². The number of phenols is 1. The van der Waals surface area contributed by atoms with Gasteiger partial charge in [-0.1, -0.05) is 25.0 Å². The lowest BCUT2D eigenvalue weighted by atomic mass is 10.2. The van der Waals surface area contributed by atoms with Crippen molar-refractivity contribution in [2.75, 3.05) is 32.7 Å². The molecule has 1 aliphatic rings. The van der Waals surface area contributed by atoms with Crippen molar-refractivity contribution in [1.82, 2.24) is 15.5 Å². The lowest BCUT2D eigenvalue weighted by Gasteiger charge is -2.20. The molecule has 1 aliphatic heterocycles. The van der Waals surface area contributed by atoms with Crippen LogP contribution in [0, 0.1) is 0 Å². The average Bonchev–Trinajstić information content (AvgIpc) is 2.86. The van der Waals surface area contributed by atoms with Crippen molar-refractivity contribution < 1.29 is 5.11 Å². The number of hydrogen-bond acceptors (Lipinski definition) is 3. The summed E-state index contributed by atoms with van der Waals surface area (Å²) >= 11 is 0. The van der Waals surface area contributed by atoms with Crippen molar-refractivity contribution in [3.63, 3.8) is 0 Å². The van der Waals surface area contributed by atoms with Gasteiger partial charge in [-0.3, -0.25) is 0 Å². The third kappa shape index (κ3) is 9.30. The van der Waals surface area contributed by atoms with Gasteiger partial charge in [-0.05, 0) is 63.5 Å². The van der Waals surface area contributed by atoms with Gasteiger partial charge in [-0.25, -0.2) is 4.99 Å². The highest BCUT2D eigenvalue weighted by Gasteiger charge is 2.08. The number of rotatable bonds is 7. The van der Waals surface area contributed by atoms with Gasteiger partial charge in [-0.15, -0.1) is 24.0 Å². The summed E-state index contributed by atoms with van der Waals surface area (Å²) in [6.45, 7) is 8.18. The Morgan fingerprint density at radius 1 is 1.08 bits per heavy atom. The molecule has 6 heteroatoms. The molecule has 0 atom stereocenters. The third-order valence-electron chi connectivity index (χ3n) is 4.34. The molecule has 25 heavy (non-hydrogen) atoms. The average molecular weight is 460 g/mol. The molecule has 1 aromatic rings. The number of benzene rings is 1. The summed E-state index contributed by atoms with van der Waals surface area (Å²) in [5.74, 6) is 1.16. The first-order valence-electron chi connectivity index (χ1n) is 9.30. The van der Waals surface area contributed by atoms with Crippen LogP contribution in [-0.4, -0.2) is 48.7 Å². The Morgan fingerprint density at radius 2 is 1.76 bits per heavy atom. The fraction of sp³-hybridized carbons (Fsp3) is 0.632. The van der Waals surface area contributed by atoms with Gasteiger partial charge < -0.3 is 20.6 Å². The van der Waals surface area contributed by atoms with Crippen LogP contribution in [0.5, 0.6) is 5.75 Å². The molecule has 0 radical (unpaired) electrons. The van der Waals surface area contributed by atoms with E-state index in [1.807, 2.05) is 12.1 Å². The summed E-state index contributed by atoms with van der Waals surface area (Å²) in [6, 6.07) is 7.21. The minimum absolute atomic E-state index is 0. The molecule has 0 saturated carbocycles. The summed E-state index contributed by atoms with van der Waals surface area (Å²) in [5, 5.41) is 16.0. The van der Waals surface area contributed by atoms with Crippen LogP contribution in [0.3, 0.4) is 0 Å². The minimum Gasteiger partial charge on any atom is -0.508 e. The fourth-order valence-corrected chi connectivity index (χ4v) is 2.98. The van der Waals surface area contributed by atoms with Gasteiger partial charge in [0.05, 0.1) is 6.54 Å². The number of aliphatic imine (C=N–C) groups is 1. The number of likely N-dealkylation sites (tertiary alicyclic amines) is 1. The van der Waals surface area contributed by atoms with Crippen LogP contribution >= 0.6 is 24.0 Å². The Bertz CT molecular complexity index is 485. The second-order valence-corrected chi connectivity index (χ2v) is 6.40. The maximum atomic E-state index is 9.32. The van der Waals surface area contributed by atoms with Crippen LogP contribution in [0.4, 0.5) is 0 Å². The van der Waals surface area contributed by atoms with E-state index in [1.54, 1.807) is 12.1 Å². The van der Waals surface area contributed by atoms with Gasteiger partial charge in [0.1, 0.15) is 5.75 Å². The summed E-state index contributed by atoms with van der Waals surface area (Å²) < 4.78 is 0. The van der Waals surface area contributed by atoms with Crippen LogP contribution in [-0.2, 0) is 6.54 Å². The standard InChI is InChI=1S/C19H32N4O.HI/c1-2-20-19(22-16-17-8-10-18(24)11-9-17)21-12-7-15-23-13-5-3-4-6-14-23;/h8-11,24H,2-7,12-16H2,1H3,(H2,20,21,22);1H. The number of phenolic OH excluding ortho intramolecular Hbond substituents is 1. The molecule has 1 saturated heterocycles. The SMILES string of the molecule is CCNC(=NCc1ccc(O)cc1)NCCCN1CCCCCC1.I. The molecule has 0 aliphatic carbocycles. The number of guanidine groups is 1. The van der Waals surface area contributed by atoms with E-state index in [-0.39, 0.29) is 24.0 Å². The topological polar surface area (TPSA) is 59.9 Å². The van der Waals surface area contributed by atoms with Crippen LogP contribution < -0.4 is 10.6 Å². The number of nitrogens with one attached hydrogen (secondary N) is 2. The molecule has 5 nitrogen and oxygen atoms in total. The van der Waals surface area contributed by atoms with E-state index < -0.39 is 0 Å². The molecule has 0 amide bonds. The van der Waals surface area contributed by atoms with Gasteiger partial charge in [0, 0.05) is 13.1 Å². The van der Waals surface area contributed by atoms with Gasteiger partial charge >= 0.3 is 0 Å². The molecule has 142 valence electrons. The molecule has 1 fully saturated rings. The van der Waals surface area contributed by atoms with Crippen molar-refractivity contribution in [1.29, 1.82) is 0 Å². The zero-order valence-corrected chi connectivity index (χ0v) is 17.7. The maximum absolute atomic E-state index is 9.32. The van der Waals surface area contributed by atoms with Crippen LogP contribution in [0.2, 0.25) is 0 Å². The summed E-state index contributed by atoms with van der Waals surface area (Å²) in [4.78, 5) is 7.20. The highest BCUT2D eigenvalue weighted by atomic mass is 127. The van der Waals surface area contributed by atoms with E-state index >= 15 is 0 Å². The molecule has 1 aromatic carbocycles. The zero-order chi connectivity index (χ0) is 17.0. The third-order valence-corrected chi connectivity index (χ3v) is 4.34. The van der Waals surface area contributed by atoms with Crippen molar-refractivity contribution >= 4 is 29.9 Å². The predicted octanol–water partition coefficient (Wildman–Crippen LogP) is 3.33. The highest BCUT2D eigenvalue weighted by Crippen LogP contribution is 2.10. The lowest BCUT2D eigenvalue weighted by molar-refractivity contribution is 0.282. The Balaban J connectivity index is 0.00000312. The predicted molar refractivity (Wildman–Crippen MR) is 116 cm³/mol. The Hall–Kier alpha value is -1.02. The maximum Gasteiger partial charge on any atom is 0.191 e. The normalized spacial score (nSPS) is 16.0. The van der Waals surface area contributed by atoms with E-state index in [0.29, 0.717) is 12.3 Å². The molecule has 0 bridgehead atoms. The highest BCUT2D eigenvalue weighted by molar-refractivity contribution is 14.0. The van der Waals surface area contributed by atoms with Crippen LogP contribution in [0.1, 0.15) is 44.6 Å². The fourth-order valence-electron chi connectivity index (χ4n) is 2.98. The van der Waals surface area contributed by atoms with Crippen molar-refractivity contribution in [3.05, 3.63) is 29.8 Å². The molecule has 3 N–H and O–H groups in total. The first kappa shape index (κ1) is 22.0. The Kier molecular flexibility index (Phi) is 11.6. The minimum atomic E-state index is 0. The van der Waals surface area contributed by atoms with Crippen LogP contribution in [0.15, 0.2) is 29.3 Å². The molecule has 2 rings (SSSR count). The molecule has 0 spiro atoms. The quantitative estimate of drug-likeness (QED) is 0.253. The number of halogens is 1. The molecule has 0 aromatic heterocycles. The second-order valence-electron chi connectivity index (χ2n) is 6.40. The molecule has 1 heterocycles. The Morgan fingerprint density at radius 3 is 2.40 bits per heavy atom. The van der Waals surface area contributed by atoms with Gasteiger partial charge in [0.2, 0.25) is 0 Å². The van der Waals surface area contributed by atoms with E-state index in [1.165, 1.54) is 45.3 Å². The van der Waals surface area contributed by atoms with Crippen LogP contribution in [0.25, 0.3) is 0 Å². The molecular formula is C19H33IN4O. The van der Waals surface area contributed by atoms with E-state index in [2.05, 4.69) is 27.4 Å². The summed E-state index contributed by atoms with van der Waals surface area (Å²) in [5.41, 5.74) is 1.09. The van der Waals surface area contributed by atoms with Crippen molar-refractivity contribution in [2.45, 2.75) is 45.6 Å².